The minimum atomic E-state index is -1.10. The van der Waals surface area contributed by atoms with E-state index in [0.29, 0.717) is 12.8 Å². The monoisotopic (exact) mass is 185 g/mol. The average Bonchev–Trinajstić information content (AvgIpc) is 2.08. The molecule has 4 N–H and O–H groups in total. The predicted octanol–water partition coefficient (Wildman–Crippen LogP) is -1.94. The SMILES string of the molecule is [NH3+][C@@H](C[C@@H]1C=C[C@H](O)CC1)C(=O)[O-]. The molecule has 1 aliphatic carbocycles. The lowest BCUT2D eigenvalue weighted by atomic mass is 9.89. The Balaban J connectivity index is 2.38. The van der Waals surface area contributed by atoms with Gasteiger partial charge >= 0.3 is 0 Å². The van der Waals surface area contributed by atoms with E-state index in [0.717, 1.165) is 6.42 Å². The molecule has 0 saturated carbocycles. The van der Waals surface area contributed by atoms with Gasteiger partial charge in [0.05, 0.1) is 12.1 Å². The second-order valence-electron chi connectivity index (χ2n) is 3.54. The Bertz CT molecular complexity index is 215. The zero-order valence-electron chi connectivity index (χ0n) is 7.48. The molecule has 0 bridgehead atoms. The third-order valence-electron chi connectivity index (χ3n) is 2.36. The first kappa shape index (κ1) is 10.2. The number of aliphatic carboxylic acids is 1. The smallest absolute Gasteiger partial charge is 0.125 e. The predicted molar refractivity (Wildman–Crippen MR) is 44.2 cm³/mol. The molecule has 0 fully saturated rings. The molecule has 0 radical (unpaired) electrons. The van der Waals surface area contributed by atoms with Crippen LogP contribution in [0.1, 0.15) is 19.3 Å². The summed E-state index contributed by atoms with van der Waals surface area (Å²) in [5, 5.41) is 19.5. The van der Waals surface area contributed by atoms with Crippen molar-refractivity contribution in [3.05, 3.63) is 12.2 Å². The maximum absolute atomic E-state index is 10.4. The van der Waals surface area contributed by atoms with Crippen LogP contribution in [0, 0.1) is 5.92 Å². The number of hydrogen-bond donors (Lipinski definition) is 2. The number of rotatable bonds is 3. The second kappa shape index (κ2) is 4.39. The molecule has 0 unspecified atom stereocenters. The van der Waals surface area contributed by atoms with Crippen LogP contribution in [-0.4, -0.2) is 23.2 Å². The lowest BCUT2D eigenvalue weighted by Crippen LogP contribution is -2.68. The lowest BCUT2D eigenvalue weighted by Gasteiger charge is -2.21. The van der Waals surface area contributed by atoms with Gasteiger partial charge in [-0.3, -0.25) is 0 Å². The number of quaternary nitrogens is 1. The Labute approximate surface area is 77.1 Å². The maximum atomic E-state index is 10.4. The van der Waals surface area contributed by atoms with Crippen molar-refractivity contribution in [2.45, 2.75) is 31.4 Å². The molecule has 74 valence electrons. The van der Waals surface area contributed by atoms with Crippen LogP contribution in [0.25, 0.3) is 0 Å². The second-order valence-corrected chi connectivity index (χ2v) is 3.54. The van der Waals surface area contributed by atoms with Crippen molar-refractivity contribution in [2.75, 3.05) is 0 Å². The van der Waals surface area contributed by atoms with Crippen molar-refractivity contribution in [1.82, 2.24) is 0 Å². The molecular weight excluding hydrogens is 170 g/mol. The topological polar surface area (TPSA) is 88.0 Å². The van der Waals surface area contributed by atoms with Crippen molar-refractivity contribution >= 4 is 5.97 Å². The fraction of sp³-hybridized carbons (Fsp3) is 0.667. The van der Waals surface area contributed by atoms with Gasteiger partial charge in [0.15, 0.2) is 0 Å². The highest BCUT2D eigenvalue weighted by Crippen LogP contribution is 2.20. The quantitative estimate of drug-likeness (QED) is 0.502. The molecule has 0 saturated heterocycles. The van der Waals surface area contributed by atoms with Crippen molar-refractivity contribution < 1.29 is 20.7 Å². The molecule has 0 aromatic heterocycles. The van der Waals surface area contributed by atoms with Crippen LogP contribution < -0.4 is 10.8 Å². The van der Waals surface area contributed by atoms with Crippen molar-refractivity contribution in [1.29, 1.82) is 0 Å². The highest BCUT2D eigenvalue weighted by Gasteiger charge is 2.18. The molecule has 3 atom stereocenters. The minimum Gasteiger partial charge on any atom is -0.544 e. The van der Waals surface area contributed by atoms with E-state index >= 15 is 0 Å². The lowest BCUT2D eigenvalue weighted by molar-refractivity contribution is -0.439. The first-order chi connectivity index (χ1) is 6.09. The Morgan fingerprint density at radius 1 is 1.62 bits per heavy atom. The third kappa shape index (κ3) is 3.16. The van der Waals surface area contributed by atoms with Gasteiger partial charge in [-0.15, -0.1) is 0 Å². The van der Waals surface area contributed by atoms with Crippen LogP contribution in [0.2, 0.25) is 0 Å². The normalized spacial score (nSPS) is 30.0. The van der Waals surface area contributed by atoms with Gasteiger partial charge in [0, 0.05) is 6.42 Å². The van der Waals surface area contributed by atoms with Crippen molar-refractivity contribution in [2.24, 2.45) is 5.92 Å². The van der Waals surface area contributed by atoms with Crippen LogP contribution in [0.5, 0.6) is 0 Å². The summed E-state index contributed by atoms with van der Waals surface area (Å²) in [6, 6.07) is -0.648. The first-order valence-corrected chi connectivity index (χ1v) is 4.50. The van der Waals surface area contributed by atoms with Gasteiger partial charge in [-0.05, 0) is 18.8 Å². The fourth-order valence-electron chi connectivity index (χ4n) is 1.52. The number of hydrogen-bond acceptors (Lipinski definition) is 3. The van der Waals surface area contributed by atoms with Crippen molar-refractivity contribution in [3.63, 3.8) is 0 Å². The number of carboxylic acids is 1. The summed E-state index contributed by atoms with van der Waals surface area (Å²) in [7, 11) is 0. The summed E-state index contributed by atoms with van der Waals surface area (Å²) in [5.74, 6) is -0.872. The van der Waals surface area contributed by atoms with Crippen LogP contribution in [-0.2, 0) is 4.79 Å². The van der Waals surface area contributed by atoms with E-state index in [4.69, 9.17) is 5.11 Å². The summed E-state index contributed by atoms with van der Waals surface area (Å²) >= 11 is 0. The largest absolute Gasteiger partial charge is 0.544 e. The Morgan fingerprint density at radius 3 is 2.77 bits per heavy atom. The van der Waals surface area contributed by atoms with Gasteiger partial charge in [-0.2, -0.15) is 0 Å². The molecule has 0 aliphatic heterocycles. The number of carbonyl (C=O) groups excluding carboxylic acids is 1. The fourth-order valence-corrected chi connectivity index (χ4v) is 1.52. The van der Waals surface area contributed by atoms with Gasteiger partial charge in [0.1, 0.15) is 6.04 Å². The molecule has 13 heavy (non-hydrogen) atoms. The zero-order chi connectivity index (χ0) is 9.84. The van der Waals surface area contributed by atoms with E-state index in [1.165, 1.54) is 0 Å². The number of carbonyl (C=O) groups is 1. The molecule has 1 rings (SSSR count). The average molecular weight is 185 g/mol. The number of allylic oxidation sites excluding steroid dienone is 1. The first-order valence-electron chi connectivity index (χ1n) is 4.50. The Kier molecular flexibility index (Phi) is 3.45. The number of aliphatic hydroxyl groups excluding tert-OH is 1. The van der Waals surface area contributed by atoms with Gasteiger partial charge in [-0.1, -0.05) is 12.2 Å². The molecule has 0 aromatic rings. The molecule has 0 aromatic carbocycles. The summed E-state index contributed by atoms with van der Waals surface area (Å²) in [5.41, 5.74) is 3.49. The molecule has 4 nitrogen and oxygen atoms in total. The third-order valence-corrected chi connectivity index (χ3v) is 2.36. The van der Waals surface area contributed by atoms with E-state index in [2.05, 4.69) is 5.73 Å². The molecule has 0 spiro atoms. The molecule has 0 amide bonds. The Morgan fingerprint density at radius 2 is 2.31 bits per heavy atom. The van der Waals surface area contributed by atoms with Crippen LogP contribution in [0.3, 0.4) is 0 Å². The molecule has 4 heteroatoms. The summed E-state index contributed by atoms with van der Waals surface area (Å²) in [4.78, 5) is 10.4. The van der Waals surface area contributed by atoms with E-state index in [1.54, 1.807) is 6.08 Å². The van der Waals surface area contributed by atoms with Crippen molar-refractivity contribution in [3.8, 4) is 0 Å². The van der Waals surface area contributed by atoms with Crippen LogP contribution >= 0.6 is 0 Å². The summed E-state index contributed by atoms with van der Waals surface area (Å²) in [6.07, 6.45) is 5.28. The molecule has 1 aliphatic rings. The van der Waals surface area contributed by atoms with Crippen LogP contribution in [0.4, 0.5) is 0 Å². The number of carboxylic acid groups (broad SMARTS) is 1. The van der Waals surface area contributed by atoms with Crippen LogP contribution in [0.15, 0.2) is 12.2 Å². The van der Waals surface area contributed by atoms with Gasteiger partial charge in [0.25, 0.3) is 0 Å². The van der Waals surface area contributed by atoms with E-state index in [9.17, 15) is 9.90 Å². The van der Waals surface area contributed by atoms with E-state index < -0.39 is 12.0 Å². The molecule has 0 heterocycles. The summed E-state index contributed by atoms with van der Waals surface area (Å²) < 4.78 is 0. The standard InChI is InChI=1S/C9H15NO3/c10-8(9(12)13)5-6-1-3-7(11)4-2-6/h1,3,6-8,11H,2,4-5,10H2,(H,12,13)/t6-,7+,8+/m1/s1. The minimum absolute atomic E-state index is 0.226. The number of aliphatic hydroxyl groups is 1. The molecular formula is C9H15NO3. The highest BCUT2D eigenvalue weighted by atomic mass is 16.4. The highest BCUT2D eigenvalue weighted by molar-refractivity contribution is 5.69. The zero-order valence-corrected chi connectivity index (χ0v) is 7.48. The summed E-state index contributed by atoms with van der Waals surface area (Å²) in [6.45, 7) is 0. The van der Waals surface area contributed by atoms with E-state index in [1.807, 2.05) is 6.08 Å². The van der Waals surface area contributed by atoms with E-state index in [-0.39, 0.29) is 12.0 Å². The van der Waals surface area contributed by atoms with Gasteiger partial charge in [-0.25, -0.2) is 0 Å². The Hall–Kier alpha value is -0.870. The van der Waals surface area contributed by atoms with Gasteiger partial charge < -0.3 is 20.7 Å². The van der Waals surface area contributed by atoms with Gasteiger partial charge in [0.2, 0.25) is 0 Å². The maximum Gasteiger partial charge on any atom is 0.125 e.